The minimum absolute atomic E-state index is 0.00484. The average Bonchev–Trinajstić information content (AvgIpc) is 2.71. The topological polar surface area (TPSA) is 87.7 Å². The number of carbonyl (C=O) groups is 2. The van der Waals surface area contributed by atoms with Crippen LogP contribution in [0.5, 0.6) is 0 Å². The lowest BCUT2D eigenvalue weighted by Crippen LogP contribution is -2.48. The Balaban J connectivity index is 2.29. The Morgan fingerprint density at radius 1 is 1.50 bits per heavy atom. The van der Waals surface area contributed by atoms with E-state index in [1.165, 1.54) is 0 Å². The Labute approximate surface area is 124 Å². The highest BCUT2D eigenvalue weighted by molar-refractivity contribution is 7.98. The highest BCUT2D eigenvalue weighted by Crippen LogP contribution is 2.28. The average molecular weight is 304 g/mol. The van der Waals surface area contributed by atoms with Gasteiger partial charge in [0.05, 0.1) is 11.7 Å². The molecule has 1 rings (SSSR count). The van der Waals surface area contributed by atoms with Crippen LogP contribution in [0.25, 0.3) is 0 Å². The van der Waals surface area contributed by atoms with Crippen molar-refractivity contribution in [1.29, 1.82) is 0 Å². The first-order chi connectivity index (χ1) is 9.34. The number of ether oxygens (including phenoxy) is 1. The number of amides is 2. The van der Waals surface area contributed by atoms with Crippen LogP contribution < -0.4 is 10.6 Å². The highest BCUT2D eigenvalue weighted by atomic mass is 32.2. The SMILES string of the molecule is CSCCC(NC(=O)NCC1CCC(C)(C)O1)C(=O)O. The summed E-state index contributed by atoms with van der Waals surface area (Å²) in [5, 5.41) is 14.2. The molecule has 2 amide bonds. The summed E-state index contributed by atoms with van der Waals surface area (Å²) in [4.78, 5) is 22.7. The number of hydrogen-bond donors (Lipinski definition) is 3. The van der Waals surface area contributed by atoms with Crippen molar-refractivity contribution in [3.05, 3.63) is 0 Å². The molecule has 1 aliphatic rings. The van der Waals surface area contributed by atoms with Gasteiger partial charge in [-0.25, -0.2) is 9.59 Å². The fraction of sp³-hybridized carbons (Fsp3) is 0.846. The molecule has 1 heterocycles. The molecule has 0 aliphatic carbocycles. The third-order valence-corrected chi connectivity index (χ3v) is 3.90. The maximum Gasteiger partial charge on any atom is 0.326 e. The molecule has 6 nitrogen and oxygen atoms in total. The molecule has 20 heavy (non-hydrogen) atoms. The zero-order valence-electron chi connectivity index (χ0n) is 12.3. The van der Waals surface area contributed by atoms with E-state index in [2.05, 4.69) is 10.6 Å². The quantitative estimate of drug-likeness (QED) is 0.662. The van der Waals surface area contributed by atoms with Crippen molar-refractivity contribution in [1.82, 2.24) is 10.6 Å². The van der Waals surface area contributed by atoms with Gasteiger partial charge in [-0.2, -0.15) is 11.8 Å². The van der Waals surface area contributed by atoms with Crippen LogP contribution in [0.4, 0.5) is 4.79 Å². The first-order valence-corrected chi connectivity index (χ1v) is 8.17. The fourth-order valence-corrected chi connectivity index (χ4v) is 2.60. The number of carbonyl (C=O) groups excluding carboxylic acids is 1. The van der Waals surface area contributed by atoms with Crippen molar-refractivity contribution in [3.63, 3.8) is 0 Å². The molecular weight excluding hydrogens is 280 g/mol. The van der Waals surface area contributed by atoms with Crippen LogP contribution in [0.1, 0.15) is 33.1 Å². The molecule has 7 heteroatoms. The van der Waals surface area contributed by atoms with Crippen molar-refractivity contribution >= 4 is 23.8 Å². The van der Waals surface area contributed by atoms with E-state index < -0.39 is 18.0 Å². The van der Waals surface area contributed by atoms with Crippen molar-refractivity contribution in [2.75, 3.05) is 18.6 Å². The van der Waals surface area contributed by atoms with E-state index in [9.17, 15) is 9.59 Å². The zero-order chi connectivity index (χ0) is 15.2. The van der Waals surface area contributed by atoms with Gasteiger partial charge in [0.25, 0.3) is 0 Å². The van der Waals surface area contributed by atoms with Gasteiger partial charge < -0.3 is 20.5 Å². The number of thioether (sulfide) groups is 1. The van der Waals surface area contributed by atoms with Crippen LogP contribution in [0, 0.1) is 0 Å². The summed E-state index contributed by atoms with van der Waals surface area (Å²) < 4.78 is 5.75. The van der Waals surface area contributed by atoms with Gasteiger partial charge in [-0.15, -0.1) is 0 Å². The molecule has 116 valence electrons. The maximum atomic E-state index is 11.7. The number of carboxylic acids is 1. The fourth-order valence-electron chi connectivity index (χ4n) is 2.13. The zero-order valence-corrected chi connectivity index (χ0v) is 13.1. The molecular formula is C13H24N2O4S. The lowest BCUT2D eigenvalue weighted by Gasteiger charge is -2.20. The molecule has 1 fully saturated rings. The summed E-state index contributed by atoms with van der Waals surface area (Å²) in [5.74, 6) is -0.315. The smallest absolute Gasteiger partial charge is 0.326 e. The van der Waals surface area contributed by atoms with E-state index in [-0.39, 0.29) is 11.7 Å². The molecule has 0 saturated carbocycles. The van der Waals surface area contributed by atoms with E-state index >= 15 is 0 Å². The molecule has 0 bridgehead atoms. The largest absolute Gasteiger partial charge is 0.480 e. The second-order valence-electron chi connectivity index (χ2n) is 5.56. The van der Waals surface area contributed by atoms with Gasteiger partial charge in [-0.1, -0.05) is 0 Å². The second kappa shape index (κ2) is 7.73. The summed E-state index contributed by atoms with van der Waals surface area (Å²) >= 11 is 1.55. The van der Waals surface area contributed by atoms with Gasteiger partial charge in [-0.3, -0.25) is 0 Å². The van der Waals surface area contributed by atoms with Crippen LogP contribution >= 0.6 is 11.8 Å². The van der Waals surface area contributed by atoms with Gasteiger partial charge in [0, 0.05) is 6.54 Å². The van der Waals surface area contributed by atoms with Gasteiger partial charge in [-0.05, 0) is 45.1 Å². The minimum atomic E-state index is -1.01. The molecule has 0 aromatic carbocycles. The summed E-state index contributed by atoms with van der Waals surface area (Å²) in [6.07, 6.45) is 4.19. The van der Waals surface area contributed by atoms with Crippen LogP contribution in [-0.4, -0.2) is 53.4 Å². The third-order valence-electron chi connectivity index (χ3n) is 3.26. The predicted octanol–water partition coefficient (Wildman–Crippen LogP) is 1.45. The second-order valence-corrected chi connectivity index (χ2v) is 6.55. The van der Waals surface area contributed by atoms with Crippen molar-refractivity contribution in [2.45, 2.75) is 50.9 Å². The molecule has 1 saturated heterocycles. The van der Waals surface area contributed by atoms with E-state index in [4.69, 9.17) is 9.84 Å². The lowest BCUT2D eigenvalue weighted by molar-refractivity contribution is -0.139. The Morgan fingerprint density at radius 2 is 2.20 bits per heavy atom. The minimum Gasteiger partial charge on any atom is -0.480 e. The molecule has 2 unspecified atom stereocenters. The maximum absolute atomic E-state index is 11.7. The summed E-state index contributed by atoms with van der Waals surface area (Å²) in [6.45, 7) is 4.45. The number of rotatable bonds is 7. The molecule has 3 N–H and O–H groups in total. The van der Waals surface area contributed by atoms with Gasteiger partial charge in [0.2, 0.25) is 0 Å². The van der Waals surface area contributed by atoms with Crippen LogP contribution in [-0.2, 0) is 9.53 Å². The van der Waals surface area contributed by atoms with Gasteiger partial charge in [0.15, 0.2) is 0 Å². The summed E-state index contributed by atoms with van der Waals surface area (Å²) in [7, 11) is 0. The molecule has 0 spiro atoms. The van der Waals surface area contributed by atoms with Gasteiger partial charge >= 0.3 is 12.0 Å². The Hall–Kier alpha value is -0.950. The number of urea groups is 1. The first-order valence-electron chi connectivity index (χ1n) is 6.78. The van der Waals surface area contributed by atoms with E-state index in [1.807, 2.05) is 20.1 Å². The highest BCUT2D eigenvalue weighted by Gasteiger charge is 2.31. The van der Waals surface area contributed by atoms with E-state index in [0.29, 0.717) is 18.7 Å². The van der Waals surface area contributed by atoms with E-state index in [1.54, 1.807) is 11.8 Å². The number of carboxylic acid groups (broad SMARTS) is 1. The number of aliphatic carboxylic acids is 1. The molecule has 0 aromatic rings. The predicted molar refractivity (Wildman–Crippen MR) is 79.1 cm³/mol. The van der Waals surface area contributed by atoms with E-state index in [0.717, 1.165) is 12.8 Å². The lowest BCUT2D eigenvalue weighted by atomic mass is 10.1. The normalized spacial score (nSPS) is 22.2. The molecule has 0 radical (unpaired) electrons. The molecule has 2 atom stereocenters. The molecule has 0 aromatic heterocycles. The molecule has 1 aliphatic heterocycles. The summed E-state index contributed by atoms with van der Waals surface area (Å²) in [6, 6.07) is -1.30. The Morgan fingerprint density at radius 3 is 2.70 bits per heavy atom. The number of hydrogen-bond acceptors (Lipinski definition) is 4. The first kappa shape index (κ1) is 17.1. The monoisotopic (exact) mass is 304 g/mol. The van der Waals surface area contributed by atoms with Crippen molar-refractivity contribution < 1.29 is 19.4 Å². The third kappa shape index (κ3) is 6.00. The van der Waals surface area contributed by atoms with Crippen LogP contribution in [0.15, 0.2) is 0 Å². The van der Waals surface area contributed by atoms with Crippen LogP contribution in [0.3, 0.4) is 0 Å². The van der Waals surface area contributed by atoms with Crippen LogP contribution in [0.2, 0.25) is 0 Å². The van der Waals surface area contributed by atoms with Crippen molar-refractivity contribution in [3.8, 4) is 0 Å². The van der Waals surface area contributed by atoms with Gasteiger partial charge in [0.1, 0.15) is 6.04 Å². The standard InChI is InChI=1S/C13H24N2O4S/c1-13(2)6-4-9(19-13)8-14-12(18)15-10(11(16)17)5-7-20-3/h9-10H,4-8H2,1-3H3,(H,16,17)(H2,14,15,18). The summed E-state index contributed by atoms with van der Waals surface area (Å²) in [5.41, 5.74) is -0.134. The number of nitrogens with one attached hydrogen (secondary N) is 2. The Kier molecular flexibility index (Phi) is 6.61. The van der Waals surface area contributed by atoms with Crippen molar-refractivity contribution in [2.24, 2.45) is 0 Å². The Bertz CT molecular complexity index is 349.